The van der Waals surface area contributed by atoms with Crippen molar-refractivity contribution < 1.29 is 14.6 Å². The first kappa shape index (κ1) is 18.4. The number of carbonyl (C=O) groups excluding carboxylic acids is 1. The highest BCUT2D eigenvalue weighted by Crippen LogP contribution is 2.22. The molecule has 0 aliphatic carbocycles. The van der Waals surface area contributed by atoms with Crippen molar-refractivity contribution >= 4 is 23.5 Å². The molecule has 1 aromatic heterocycles. The summed E-state index contributed by atoms with van der Waals surface area (Å²) in [4.78, 5) is 32.7. The Balaban J connectivity index is 1.69. The maximum absolute atomic E-state index is 12.1. The molecule has 3 aromatic rings. The second-order valence-corrected chi connectivity index (χ2v) is 5.53. The number of nitrogens with zero attached hydrogens (tertiary/aromatic N) is 4. The summed E-state index contributed by atoms with van der Waals surface area (Å²) in [6, 6.07) is 13.0. The third-order valence-corrected chi connectivity index (χ3v) is 3.64. The van der Waals surface area contributed by atoms with Crippen molar-refractivity contribution in [3.63, 3.8) is 0 Å². The van der Waals surface area contributed by atoms with Gasteiger partial charge in [0.1, 0.15) is 5.69 Å². The van der Waals surface area contributed by atoms with Crippen molar-refractivity contribution in [1.29, 1.82) is 0 Å². The van der Waals surface area contributed by atoms with Gasteiger partial charge < -0.3 is 0 Å². The number of nitrogens with one attached hydrogen (secondary N) is 2. The summed E-state index contributed by atoms with van der Waals surface area (Å²) >= 11 is 0. The molecule has 0 saturated heterocycles. The second-order valence-electron chi connectivity index (χ2n) is 5.53. The molecule has 0 saturated carbocycles. The average Bonchev–Trinajstić information content (AvgIpc) is 3.18. The lowest BCUT2D eigenvalue weighted by atomic mass is 10.1. The summed E-state index contributed by atoms with van der Waals surface area (Å²) in [5, 5.41) is 31.8. The van der Waals surface area contributed by atoms with Crippen LogP contribution in [0, 0.1) is 20.2 Å². The SMILES string of the molecule is O=C(N/N=C/c1cccc([N+](=O)[O-])c1)c1cc(-c2cccc([N+](=O)[O-])c2)n[nH]1. The van der Waals surface area contributed by atoms with Gasteiger partial charge in [-0.15, -0.1) is 0 Å². The topological polar surface area (TPSA) is 156 Å². The minimum atomic E-state index is -0.592. The highest BCUT2D eigenvalue weighted by molar-refractivity contribution is 5.94. The van der Waals surface area contributed by atoms with E-state index in [9.17, 15) is 25.0 Å². The molecule has 1 heterocycles. The van der Waals surface area contributed by atoms with E-state index in [0.29, 0.717) is 16.8 Å². The van der Waals surface area contributed by atoms with Crippen LogP contribution in [-0.4, -0.2) is 32.2 Å². The zero-order valence-electron chi connectivity index (χ0n) is 14.1. The van der Waals surface area contributed by atoms with Crippen molar-refractivity contribution in [2.24, 2.45) is 5.10 Å². The lowest BCUT2D eigenvalue weighted by molar-refractivity contribution is -0.385. The fourth-order valence-electron chi connectivity index (χ4n) is 2.31. The van der Waals surface area contributed by atoms with Crippen LogP contribution in [0.4, 0.5) is 11.4 Å². The summed E-state index contributed by atoms with van der Waals surface area (Å²) in [7, 11) is 0. The van der Waals surface area contributed by atoms with Crippen LogP contribution in [0.1, 0.15) is 16.1 Å². The standard InChI is InChI=1S/C17H12N6O5/c24-17(21-18-10-11-3-1-5-13(7-11)22(25)26)16-9-15(19-20-16)12-4-2-6-14(8-12)23(27)28/h1-10H,(H,19,20)(H,21,24)/b18-10+. The van der Waals surface area contributed by atoms with Gasteiger partial charge in [0.25, 0.3) is 17.3 Å². The first-order valence-electron chi connectivity index (χ1n) is 7.82. The first-order chi connectivity index (χ1) is 13.4. The Hall–Kier alpha value is -4.41. The van der Waals surface area contributed by atoms with Gasteiger partial charge >= 0.3 is 0 Å². The van der Waals surface area contributed by atoms with Gasteiger partial charge in [-0.05, 0) is 6.07 Å². The molecule has 11 heteroatoms. The van der Waals surface area contributed by atoms with Gasteiger partial charge in [-0.2, -0.15) is 10.2 Å². The highest BCUT2D eigenvalue weighted by atomic mass is 16.6. The number of hydrogen-bond acceptors (Lipinski definition) is 7. The van der Waals surface area contributed by atoms with E-state index in [0.717, 1.165) is 0 Å². The van der Waals surface area contributed by atoms with Crippen LogP contribution in [0.15, 0.2) is 59.7 Å². The average molecular weight is 380 g/mol. The fourth-order valence-corrected chi connectivity index (χ4v) is 2.31. The lowest BCUT2D eigenvalue weighted by Crippen LogP contribution is -2.18. The molecule has 140 valence electrons. The molecule has 0 bridgehead atoms. The maximum Gasteiger partial charge on any atom is 0.289 e. The summed E-state index contributed by atoms with van der Waals surface area (Å²) < 4.78 is 0. The lowest BCUT2D eigenvalue weighted by Gasteiger charge is -1.97. The molecular weight excluding hydrogens is 368 g/mol. The highest BCUT2D eigenvalue weighted by Gasteiger charge is 2.13. The number of carbonyl (C=O) groups is 1. The molecule has 28 heavy (non-hydrogen) atoms. The zero-order valence-corrected chi connectivity index (χ0v) is 14.1. The normalized spacial score (nSPS) is 10.7. The maximum atomic E-state index is 12.1. The molecule has 0 unspecified atom stereocenters. The van der Waals surface area contributed by atoms with Crippen molar-refractivity contribution in [3.8, 4) is 11.3 Å². The fraction of sp³-hybridized carbons (Fsp3) is 0. The van der Waals surface area contributed by atoms with Crippen molar-refractivity contribution in [3.05, 3.63) is 86.1 Å². The van der Waals surface area contributed by atoms with Gasteiger partial charge in [0.05, 0.1) is 21.8 Å². The molecule has 1 amide bonds. The van der Waals surface area contributed by atoms with E-state index in [-0.39, 0.29) is 17.1 Å². The van der Waals surface area contributed by atoms with Gasteiger partial charge in [0.15, 0.2) is 0 Å². The van der Waals surface area contributed by atoms with E-state index in [2.05, 4.69) is 20.7 Å². The molecule has 0 fully saturated rings. The van der Waals surface area contributed by atoms with E-state index in [4.69, 9.17) is 0 Å². The smallest absolute Gasteiger partial charge is 0.272 e. The summed E-state index contributed by atoms with van der Waals surface area (Å²) in [5.41, 5.74) is 3.46. The number of hydrazone groups is 1. The van der Waals surface area contributed by atoms with Crippen LogP contribution in [0.5, 0.6) is 0 Å². The van der Waals surface area contributed by atoms with Gasteiger partial charge in [-0.3, -0.25) is 30.1 Å². The second kappa shape index (κ2) is 7.86. The van der Waals surface area contributed by atoms with Gasteiger partial charge in [0.2, 0.25) is 0 Å². The number of hydrogen-bond donors (Lipinski definition) is 2. The number of non-ortho nitro benzene ring substituents is 2. The summed E-state index contributed by atoms with van der Waals surface area (Å²) in [5.74, 6) is -0.592. The van der Waals surface area contributed by atoms with Crippen molar-refractivity contribution in [2.45, 2.75) is 0 Å². The first-order valence-corrected chi connectivity index (χ1v) is 7.82. The molecule has 0 atom stereocenters. The number of aromatic amines is 1. The van der Waals surface area contributed by atoms with E-state index < -0.39 is 15.8 Å². The van der Waals surface area contributed by atoms with Crippen molar-refractivity contribution in [1.82, 2.24) is 15.6 Å². The predicted molar refractivity (Wildman–Crippen MR) is 98.8 cm³/mol. The Morgan fingerprint density at radius 1 is 1.04 bits per heavy atom. The molecule has 0 aliphatic heterocycles. The number of nitro groups is 2. The molecule has 0 spiro atoms. The molecular formula is C17H12N6O5. The minimum Gasteiger partial charge on any atom is -0.272 e. The quantitative estimate of drug-likeness (QED) is 0.380. The van der Waals surface area contributed by atoms with E-state index in [1.807, 2.05) is 0 Å². The van der Waals surface area contributed by atoms with E-state index in [1.165, 1.54) is 48.7 Å². The van der Waals surface area contributed by atoms with Crippen LogP contribution in [-0.2, 0) is 0 Å². The van der Waals surface area contributed by atoms with Crippen LogP contribution >= 0.6 is 0 Å². The molecule has 2 N–H and O–H groups in total. The van der Waals surface area contributed by atoms with Crippen molar-refractivity contribution in [2.75, 3.05) is 0 Å². The van der Waals surface area contributed by atoms with Gasteiger partial charge in [0, 0.05) is 35.4 Å². The van der Waals surface area contributed by atoms with E-state index >= 15 is 0 Å². The van der Waals surface area contributed by atoms with Gasteiger partial charge in [-0.1, -0.05) is 24.3 Å². The van der Waals surface area contributed by atoms with E-state index in [1.54, 1.807) is 12.1 Å². The molecule has 2 aromatic carbocycles. The van der Waals surface area contributed by atoms with Gasteiger partial charge in [-0.25, -0.2) is 5.43 Å². The third kappa shape index (κ3) is 4.22. The summed E-state index contributed by atoms with van der Waals surface area (Å²) in [6.45, 7) is 0. The number of nitro benzene ring substituents is 2. The summed E-state index contributed by atoms with van der Waals surface area (Å²) in [6.07, 6.45) is 1.27. The van der Waals surface area contributed by atoms with Crippen LogP contribution < -0.4 is 5.43 Å². The molecule has 3 rings (SSSR count). The largest absolute Gasteiger partial charge is 0.289 e. The van der Waals surface area contributed by atoms with Crippen LogP contribution in [0.2, 0.25) is 0 Å². The molecule has 11 nitrogen and oxygen atoms in total. The predicted octanol–water partition coefficient (Wildman–Crippen LogP) is 2.66. The number of rotatable bonds is 6. The Labute approximate surface area is 157 Å². The number of benzene rings is 2. The molecule has 0 radical (unpaired) electrons. The Morgan fingerprint density at radius 2 is 1.71 bits per heavy atom. The number of amides is 1. The third-order valence-electron chi connectivity index (χ3n) is 3.64. The van der Waals surface area contributed by atoms with Crippen LogP contribution in [0.3, 0.4) is 0 Å². The number of H-pyrrole nitrogens is 1. The Bertz CT molecular complexity index is 1090. The monoisotopic (exact) mass is 380 g/mol. The van der Waals surface area contributed by atoms with Crippen LogP contribution in [0.25, 0.3) is 11.3 Å². The molecule has 0 aliphatic rings. The zero-order chi connectivity index (χ0) is 20.1. The number of aromatic nitrogens is 2. The minimum absolute atomic E-state index is 0.0898. The Kier molecular flexibility index (Phi) is 5.16. The Morgan fingerprint density at radius 3 is 2.43 bits per heavy atom.